The van der Waals surface area contributed by atoms with Gasteiger partial charge in [-0.05, 0) is 58.0 Å². The maximum Gasteiger partial charge on any atom is 0.309 e. The van der Waals surface area contributed by atoms with Crippen molar-refractivity contribution in [2.24, 2.45) is 5.41 Å². The Bertz CT molecular complexity index is 426. The van der Waals surface area contributed by atoms with Crippen LogP contribution in [0.15, 0.2) is 24.3 Å². The van der Waals surface area contributed by atoms with Crippen LogP contribution in [-0.4, -0.2) is 36.7 Å². The monoisotopic (exact) mass is 279 g/mol. The molecule has 0 aliphatic carbocycles. The normalized spacial score (nSPS) is 11.7. The van der Waals surface area contributed by atoms with Gasteiger partial charge < -0.3 is 14.7 Å². The second kappa shape index (κ2) is 7.29. The van der Waals surface area contributed by atoms with Gasteiger partial charge in [-0.2, -0.15) is 0 Å². The number of carboxylic acids is 1. The Kier molecular flexibility index (Phi) is 6.02. The van der Waals surface area contributed by atoms with Crippen molar-refractivity contribution in [3.8, 4) is 5.75 Å². The molecule has 0 aromatic heterocycles. The van der Waals surface area contributed by atoms with E-state index in [-0.39, 0.29) is 0 Å². The zero-order valence-electron chi connectivity index (χ0n) is 12.8. The van der Waals surface area contributed by atoms with Crippen LogP contribution in [0.1, 0.15) is 32.3 Å². The first-order valence-corrected chi connectivity index (χ1v) is 6.90. The summed E-state index contributed by atoms with van der Waals surface area (Å²) in [7, 11) is 3.71. The fraction of sp³-hybridized carbons (Fsp3) is 0.562. The molecule has 0 unspecified atom stereocenters. The Morgan fingerprint density at radius 3 is 2.40 bits per heavy atom. The summed E-state index contributed by atoms with van der Waals surface area (Å²) in [5, 5.41) is 9.07. The Morgan fingerprint density at radius 2 is 1.90 bits per heavy atom. The highest BCUT2D eigenvalue weighted by molar-refractivity contribution is 5.73. The van der Waals surface area contributed by atoms with E-state index in [0.29, 0.717) is 6.42 Å². The van der Waals surface area contributed by atoms with Gasteiger partial charge in [-0.25, -0.2) is 0 Å². The smallest absolute Gasteiger partial charge is 0.309 e. The molecule has 4 heteroatoms. The zero-order chi connectivity index (χ0) is 15.2. The molecule has 4 nitrogen and oxygen atoms in total. The summed E-state index contributed by atoms with van der Waals surface area (Å²) in [4.78, 5) is 13.2. The summed E-state index contributed by atoms with van der Waals surface area (Å²) in [6.07, 6.45) is 1.57. The minimum Gasteiger partial charge on any atom is -0.497 e. The molecule has 1 rings (SSSR count). The highest BCUT2D eigenvalue weighted by Gasteiger charge is 2.26. The van der Waals surface area contributed by atoms with Crippen molar-refractivity contribution in [3.05, 3.63) is 29.8 Å². The topological polar surface area (TPSA) is 49.8 Å². The lowest BCUT2D eigenvalue weighted by molar-refractivity contribution is -0.147. The summed E-state index contributed by atoms with van der Waals surface area (Å²) in [6, 6.07) is 8.01. The van der Waals surface area contributed by atoms with Gasteiger partial charge in [-0.15, -0.1) is 0 Å². The molecule has 112 valence electrons. The first-order valence-electron chi connectivity index (χ1n) is 6.90. The van der Waals surface area contributed by atoms with Gasteiger partial charge in [0, 0.05) is 6.54 Å². The van der Waals surface area contributed by atoms with Crippen LogP contribution in [0.5, 0.6) is 5.75 Å². The third-order valence-electron chi connectivity index (χ3n) is 3.53. The van der Waals surface area contributed by atoms with Gasteiger partial charge in [-0.1, -0.05) is 12.1 Å². The lowest BCUT2D eigenvalue weighted by Gasteiger charge is -2.22. The van der Waals surface area contributed by atoms with E-state index in [2.05, 4.69) is 24.1 Å². The molecule has 1 N–H and O–H groups in total. The van der Waals surface area contributed by atoms with Crippen molar-refractivity contribution in [2.45, 2.75) is 33.2 Å². The predicted molar refractivity (Wildman–Crippen MR) is 80.0 cm³/mol. The van der Waals surface area contributed by atoms with E-state index in [1.807, 2.05) is 12.1 Å². The number of carboxylic acid groups (broad SMARTS) is 1. The molecule has 0 saturated heterocycles. The maximum absolute atomic E-state index is 11.0. The molecule has 0 saturated carbocycles. The third kappa shape index (κ3) is 5.21. The van der Waals surface area contributed by atoms with E-state index in [1.54, 1.807) is 21.0 Å². The molecular weight excluding hydrogens is 254 g/mol. The van der Waals surface area contributed by atoms with Crippen molar-refractivity contribution in [2.75, 3.05) is 20.7 Å². The molecule has 20 heavy (non-hydrogen) atoms. The number of hydrogen-bond donors (Lipinski definition) is 1. The molecule has 1 aromatic carbocycles. The van der Waals surface area contributed by atoms with E-state index >= 15 is 0 Å². The van der Waals surface area contributed by atoms with Crippen LogP contribution in [0, 0.1) is 5.41 Å². The summed E-state index contributed by atoms with van der Waals surface area (Å²) in [6.45, 7) is 5.30. The Hall–Kier alpha value is -1.55. The summed E-state index contributed by atoms with van der Waals surface area (Å²) in [5.41, 5.74) is 0.590. The van der Waals surface area contributed by atoms with Crippen LogP contribution in [0.2, 0.25) is 0 Å². The first-order chi connectivity index (χ1) is 9.35. The van der Waals surface area contributed by atoms with Crippen molar-refractivity contribution >= 4 is 5.97 Å². The Labute approximate surface area is 121 Å². The molecule has 0 amide bonds. The van der Waals surface area contributed by atoms with Crippen LogP contribution < -0.4 is 4.74 Å². The number of ether oxygens (including phenoxy) is 1. The van der Waals surface area contributed by atoms with Gasteiger partial charge in [-0.3, -0.25) is 4.79 Å². The number of carbonyl (C=O) groups is 1. The van der Waals surface area contributed by atoms with Crippen molar-refractivity contribution in [1.29, 1.82) is 0 Å². The van der Waals surface area contributed by atoms with E-state index < -0.39 is 11.4 Å². The van der Waals surface area contributed by atoms with Gasteiger partial charge >= 0.3 is 5.97 Å². The summed E-state index contributed by atoms with van der Waals surface area (Å²) in [5.74, 6) is 0.134. The van der Waals surface area contributed by atoms with Crippen molar-refractivity contribution < 1.29 is 14.6 Å². The number of hydrogen-bond acceptors (Lipinski definition) is 3. The average Bonchev–Trinajstić information content (AvgIpc) is 2.39. The predicted octanol–water partition coefficient (Wildman–Crippen LogP) is 3.02. The van der Waals surface area contributed by atoms with Crippen LogP contribution >= 0.6 is 0 Å². The fourth-order valence-corrected chi connectivity index (χ4v) is 2.02. The number of rotatable bonds is 8. The average molecular weight is 279 g/mol. The Morgan fingerprint density at radius 1 is 1.30 bits per heavy atom. The molecule has 0 atom stereocenters. The minimum atomic E-state index is -0.727. The molecule has 0 radical (unpaired) electrons. The molecule has 0 aliphatic heterocycles. The van der Waals surface area contributed by atoms with Crippen LogP contribution in [0.3, 0.4) is 0 Å². The number of nitrogens with zero attached hydrogens (tertiary/aromatic N) is 1. The number of benzene rings is 1. The maximum atomic E-state index is 11.0. The Balaban J connectivity index is 2.36. The molecule has 0 bridgehead atoms. The van der Waals surface area contributed by atoms with E-state index in [9.17, 15) is 4.79 Å². The quantitative estimate of drug-likeness (QED) is 0.794. The molecule has 1 aromatic rings. The SMILES string of the molecule is COc1ccc(CN(C)CCCC(C)(C)C(=O)O)cc1. The molecule has 0 heterocycles. The van der Waals surface area contributed by atoms with Crippen molar-refractivity contribution in [1.82, 2.24) is 4.90 Å². The number of aliphatic carboxylic acids is 1. The van der Waals surface area contributed by atoms with Gasteiger partial charge in [0.05, 0.1) is 12.5 Å². The van der Waals surface area contributed by atoms with Gasteiger partial charge in [0.1, 0.15) is 5.75 Å². The van der Waals surface area contributed by atoms with Gasteiger partial charge in [0.2, 0.25) is 0 Å². The van der Waals surface area contributed by atoms with Crippen LogP contribution in [-0.2, 0) is 11.3 Å². The van der Waals surface area contributed by atoms with Crippen LogP contribution in [0.4, 0.5) is 0 Å². The molecule has 0 aliphatic rings. The molecule has 0 spiro atoms. The fourth-order valence-electron chi connectivity index (χ4n) is 2.02. The summed E-state index contributed by atoms with van der Waals surface area (Å²) >= 11 is 0. The zero-order valence-corrected chi connectivity index (χ0v) is 12.8. The second-order valence-electron chi connectivity index (χ2n) is 5.88. The lowest BCUT2D eigenvalue weighted by Crippen LogP contribution is -2.26. The lowest BCUT2D eigenvalue weighted by atomic mass is 9.88. The van der Waals surface area contributed by atoms with E-state index in [0.717, 1.165) is 25.3 Å². The van der Waals surface area contributed by atoms with Gasteiger partial charge in [0.15, 0.2) is 0 Å². The molecular formula is C16H25NO3. The highest BCUT2D eigenvalue weighted by Crippen LogP contribution is 2.22. The second-order valence-corrected chi connectivity index (χ2v) is 5.88. The van der Waals surface area contributed by atoms with Crippen molar-refractivity contribution in [3.63, 3.8) is 0 Å². The molecule has 0 fully saturated rings. The summed E-state index contributed by atoms with van der Waals surface area (Å²) < 4.78 is 5.13. The highest BCUT2D eigenvalue weighted by atomic mass is 16.5. The third-order valence-corrected chi connectivity index (χ3v) is 3.53. The largest absolute Gasteiger partial charge is 0.497 e. The van der Waals surface area contributed by atoms with Crippen LogP contribution in [0.25, 0.3) is 0 Å². The van der Waals surface area contributed by atoms with Gasteiger partial charge in [0.25, 0.3) is 0 Å². The number of methoxy groups -OCH3 is 1. The standard InChI is InChI=1S/C16H25NO3/c1-16(2,15(18)19)10-5-11-17(3)12-13-6-8-14(20-4)9-7-13/h6-9H,5,10-12H2,1-4H3,(H,18,19). The van der Waals surface area contributed by atoms with E-state index in [4.69, 9.17) is 9.84 Å². The van der Waals surface area contributed by atoms with E-state index in [1.165, 1.54) is 5.56 Å². The minimum absolute atomic E-state index is 0.638. The first kappa shape index (κ1) is 16.5.